The summed E-state index contributed by atoms with van der Waals surface area (Å²) in [5.41, 5.74) is 6.12. The third kappa shape index (κ3) is 2.58. The van der Waals surface area contributed by atoms with Gasteiger partial charge >= 0.3 is 0 Å². The van der Waals surface area contributed by atoms with Gasteiger partial charge in [0.25, 0.3) is 0 Å². The summed E-state index contributed by atoms with van der Waals surface area (Å²) in [5.74, 6) is -0.517. The lowest BCUT2D eigenvalue weighted by molar-refractivity contribution is 0.179. The molecule has 0 amide bonds. The van der Waals surface area contributed by atoms with Crippen molar-refractivity contribution in [2.24, 2.45) is 5.73 Å². The lowest BCUT2D eigenvalue weighted by atomic mass is 10.1. The maximum atomic E-state index is 13.2. The molecular formula is C8H10FIN2O. The van der Waals surface area contributed by atoms with Crippen LogP contribution >= 0.6 is 22.6 Å². The average Bonchev–Trinajstić information content (AvgIpc) is 2.04. The molecule has 0 bridgehead atoms. The summed E-state index contributed by atoms with van der Waals surface area (Å²) in [7, 11) is 1.53. The van der Waals surface area contributed by atoms with Gasteiger partial charge in [-0.3, -0.25) is 0 Å². The second-order valence-electron chi connectivity index (χ2n) is 2.56. The van der Waals surface area contributed by atoms with Crippen LogP contribution in [0.5, 0.6) is 0 Å². The van der Waals surface area contributed by atoms with Crippen molar-refractivity contribution in [3.05, 3.63) is 27.3 Å². The molecule has 0 aliphatic carbocycles. The highest BCUT2D eigenvalue weighted by molar-refractivity contribution is 14.1. The third-order valence-corrected chi connectivity index (χ3v) is 2.55. The number of pyridine rings is 1. The van der Waals surface area contributed by atoms with E-state index in [0.717, 1.165) is 3.57 Å². The Morgan fingerprint density at radius 3 is 3.00 bits per heavy atom. The summed E-state index contributed by atoms with van der Waals surface area (Å²) in [5, 5.41) is 0. The Hall–Kier alpha value is -0.270. The van der Waals surface area contributed by atoms with E-state index < -0.39 is 12.0 Å². The molecule has 72 valence electrons. The van der Waals surface area contributed by atoms with E-state index in [1.165, 1.54) is 13.3 Å². The molecule has 0 unspecified atom stereocenters. The number of ether oxygens (including phenoxy) is 1. The Kier molecular flexibility index (Phi) is 4.01. The van der Waals surface area contributed by atoms with E-state index in [0.29, 0.717) is 12.2 Å². The van der Waals surface area contributed by atoms with Gasteiger partial charge in [-0.15, -0.1) is 0 Å². The Balaban J connectivity index is 2.98. The SMILES string of the molecule is COC[C@@H](N)c1c(I)ccnc1F. The van der Waals surface area contributed by atoms with Crippen molar-refractivity contribution in [1.29, 1.82) is 0 Å². The summed E-state index contributed by atoms with van der Waals surface area (Å²) in [6, 6.07) is 1.26. The molecule has 1 heterocycles. The van der Waals surface area contributed by atoms with E-state index in [1.54, 1.807) is 6.07 Å². The van der Waals surface area contributed by atoms with Crippen molar-refractivity contribution >= 4 is 22.6 Å². The van der Waals surface area contributed by atoms with Crippen LogP contribution in [0.2, 0.25) is 0 Å². The molecule has 1 atom stereocenters. The largest absolute Gasteiger partial charge is 0.383 e. The number of nitrogens with zero attached hydrogens (tertiary/aromatic N) is 1. The van der Waals surface area contributed by atoms with E-state index in [9.17, 15) is 4.39 Å². The lowest BCUT2D eigenvalue weighted by Crippen LogP contribution is -2.19. The van der Waals surface area contributed by atoms with Crippen molar-refractivity contribution < 1.29 is 9.13 Å². The van der Waals surface area contributed by atoms with Crippen LogP contribution in [0.4, 0.5) is 4.39 Å². The van der Waals surface area contributed by atoms with Crippen molar-refractivity contribution in [2.75, 3.05) is 13.7 Å². The van der Waals surface area contributed by atoms with Crippen LogP contribution in [0.25, 0.3) is 0 Å². The second kappa shape index (κ2) is 4.83. The Morgan fingerprint density at radius 1 is 1.77 bits per heavy atom. The molecule has 1 rings (SSSR count). The van der Waals surface area contributed by atoms with Crippen LogP contribution in [0.3, 0.4) is 0 Å². The first-order valence-corrected chi connectivity index (χ1v) is 4.79. The number of aromatic nitrogens is 1. The van der Waals surface area contributed by atoms with Crippen molar-refractivity contribution in [3.63, 3.8) is 0 Å². The highest BCUT2D eigenvalue weighted by Crippen LogP contribution is 2.20. The zero-order valence-electron chi connectivity index (χ0n) is 7.13. The molecule has 0 saturated carbocycles. The van der Waals surface area contributed by atoms with Crippen molar-refractivity contribution in [3.8, 4) is 0 Å². The highest BCUT2D eigenvalue weighted by Gasteiger charge is 2.15. The molecule has 0 aliphatic heterocycles. The summed E-state index contributed by atoms with van der Waals surface area (Å²) >= 11 is 2.03. The van der Waals surface area contributed by atoms with Gasteiger partial charge in [0.15, 0.2) is 0 Å². The molecule has 1 aromatic heterocycles. The normalized spacial score (nSPS) is 12.9. The molecule has 0 saturated heterocycles. The fourth-order valence-electron chi connectivity index (χ4n) is 1.02. The van der Waals surface area contributed by atoms with E-state index in [1.807, 2.05) is 22.6 Å². The number of halogens is 2. The number of hydrogen-bond acceptors (Lipinski definition) is 3. The van der Waals surface area contributed by atoms with Gasteiger partial charge in [0, 0.05) is 22.4 Å². The van der Waals surface area contributed by atoms with Crippen LogP contribution in [-0.2, 0) is 4.74 Å². The predicted octanol–water partition coefficient (Wildman–Crippen LogP) is 1.47. The highest BCUT2D eigenvalue weighted by atomic mass is 127. The van der Waals surface area contributed by atoms with Gasteiger partial charge in [-0.25, -0.2) is 4.98 Å². The second-order valence-corrected chi connectivity index (χ2v) is 3.72. The summed E-state index contributed by atoms with van der Waals surface area (Å²) in [4.78, 5) is 3.54. The number of nitrogens with two attached hydrogens (primary N) is 1. The minimum atomic E-state index is -0.517. The lowest BCUT2D eigenvalue weighted by Gasteiger charge is -2.12. The van der Waals surface area contributed by atoms with Gasteiger partial charge in [0.1, 0.15) is 0 Å². The fraction of sp³-hybridized carbons (Fsp3) is 0.375. The molecule has 3 nitrogen and oxygen atoms in total. The number of methoxy groups -OCH3 is 1. The number of rotatable bonds is 3. The standard InChI is InChI=1S/C8H10FIN2O/c1-13-4-6(11)7-5(10)2-3-12-8(7)9/h2-3,6H,4,11H2,1H3/t6-/m1/s1. The summed E-state index contributed by atoms with van der Waals surface area (Å²) in [6.07, 6.45) is 1.42. The monoisotopic (exact) mass is 296 g/mol. The first kappa shape index (κ1) is 10.8. The van der Waals surface area contributed by atoms with Gasteiger partial charge < -0.3 is 10.5 Å². The molecule has 0 aliphatic rings. The van der Waals surface area contributed by atoms with Gasteiger partial charge in [-0.2, -0.15) is 4.39 Å². The quantitative estimate of drug-likeness (QED) is 0.679. The van der Waals surface area contributed by atoms with E-state index in [2.05, 4.69) is 4.98 Å². The van der Waals surface area contributed by atoms with Gasteiger partial charge in [0.05, 0.1) is 12.6 Å². The molecule has 13 heavy (non-hydrogen) atoms. The Labute approximate surface area is 89.6 Å². The van der Waals surface area contributed by atoms with Crippen molar-refractivity contribution in [1.82, 2.24) is 4.98 Å². The van der Waals surface area contributed by atoms with E-state index in [4.69, 9.17) is 10.5 Å². The van der Waals surface area contributed by atoms with Crippen LogP contribution in [0.15, 0.2) is 12.3 Å². The molecule has 1 aromatic rings. The molecule has 0 fully saturated rings. The maximum Gasteiger partial charge on any atom is 0.218 e. The zero-order valence-corrected chi connectivity index (χ0v) is 9.29. The predicted molar refractivity (Wildman–Crippen MR) is 55.7 cm³/mol. The third-order valence-electron chi connectivity index (χ3n) is 1.61. The van der Waals surface area contributed by atoms with E-state index >= 15 is 0 Å². The first-order valence-electron chi connectivity index (χ1n) is 3.71. The Morgan fingerprint density at radius 2 is 2.46 bits per heavy atom. The van der Waals surface area contributed by atoms with Gasteiger partial charge in [-0.05, 0) is 28.7 Å². The molecule has 0 radical (unpaired) electrons. The smallest absolute Gasteiger partial charge is 0.218 e. The van der Waals surface area contributed by atoms with Gasteiger partial charge in [0.2, 0.25) is 5.95 Å². The van der Waals surface area contributed by atoms with Crippen molar-refractivity contribution in [2.45, 2.75) is 6.04 Å². The molecular weight excluding hydrogens is 286 g/mol. The molecule has 0 spiro atoms. The minimum absolute atomic E-state index is 0.290. The fourth-order valence-corrected chi connectivity index (χ4v) is 1.80. The van der Waals surface area contributed by atoms with Crippen LogP contribution in [0.1, 0.15) is 11.6 Å². The first-order chi connectivity index (χ1) is 6.16. The topological polar surface area (TPSA) is 48.1 Å². The zero-order chi connectivity index (χ0) is 9.84. The minimum Gasteiger partial charge on any atom is -0.383 e. The van der Waals surface area contributed by atoms with Crippen LogP contribution in [-0.4, -0.2) is 18.7 Å². The van der Waals surface area contributed by atoms with Crippen LogP contribution < -0.4 is 5.73 Å². The van der Waals surface area contributed by atoms with Crippen LogP contribution in [0, 0.1) is 9.52 Å². The maximum absolute atomic E-state index is 13.2. The summed E-state index contributed by atoms with van der Waals surface area (Å²) < 4.78 is 18.8. The molecule has 5 heteroatoms. The molecule has 2 N–H and O–H groups in total. The number of hydrogen-bond donors (Lipinski definition) is 1. The summed E-state index contributed by atoms with van der Waals surface area (Å²) in [6.45, 7) is 0.290. The molecule has 0 aromatic carbocycles. The van der Waals surface area contributed by atoms with E-state index in [-0.39, 0.29) is 0 Å². The van der Waals surface area contributed by atoms with Gasteiger partial charge in [-0.1, -0.05) is 0 Å². The Bertz CT molecular complexity index is 275. The average molecular weight is 296 g/mol.